The predicted molar refractivity (Wildman–Crippen MR) is 149 cm³/mol. The molecular weight excluding hydrogens is 447 g/mol. The van der Waals surface area contributed by atoms with Crippen LogP contribution in [0.25, 0.3) is 0 Å². The van der Waals surface area contributed by atoms with E-state index in [1.165, 1.54) is 27.6 Å². The fourth-order valence-corrected chi connectivity index (χ4v) is 6.43. The Morgan fingerprint density at radius 2 is 1.29 bits per heavy atom. The van der Waals surface area contributed by atoms with Gasteiger partial charge >= 0.3 is 0 Å². The molecule has 0 aliphatic carbocycles. The van der Waals surface area contributed by atoms with Gasteiger partial charge in [0.25, 0.3) is 0 Å². The molecule has 3 heteroatoms. The van der Waals surface area contributed by atoms with Crippen molar-refractivity contribution in [2.75, 3.05) is 0 Å². The minimum Gasteiger partial charge on any atom is -0.488 e. The highest BCUT2D eigenvalue weighted by molar-refractivity contribution is 7.48. The summed E-state index contributed by atoms with van der Waals surface area (Å²) in [7, 11) is 0.541. The van der Waals surface area contributed by atoms with E-state index in [-0.39, 0.29) is 11.8 Å². The SMILES string of the molecule is CCC(CC)(Pc1ccccc1CO)c1cccc(Cc2ccccc2)c1OCc1ccccc1. The van der Waals surface area contributed by atoms with Crippen molar-refractivity contribution in [2.24, 2.45) is 0 Å². The van der Waals surface area contributed by atoms with E-state index in [0.29, 0.717) is 15.2 Å². The van der Waals surface area contributed by atoms with Crippen LogP contribution in [-0.4, -0.2) is 5.11 Å². The minimum absolute atomic E-state index is 0.0655. The van der Waals surface area contributed by atoms with Crippen LogP contribution in [0.1, 0.15) is 54.5 Å². The van der Waals surface area contributed by atoms with Gasteiger partial charge in [0.2, 0.25) is 0 Å². The Morgan fingerprint density at radius 3 is 1.94 bits per heavy atom. The number of aliphatic hydroxyl groups excluding tert-OH is 1. The zero-order valence-corrected chi connectivity index (χ0v) is 21.7. The lowest BCUT2D eigenvalue weighted by Gasteiger charge is -2.35. The van der Waals surface area contributed by atoms with Gasteiger partial charge < -0.3 is 9.84 Å². The quantitative estimate of drug-likeness (QED) is 0.226. The summed E-state index contributed by atoms with van der Waals surface area (Å²) >= 11 is 0. The Hall–Kier alpha value is -2.93. The second-order valence-electron chi connectivity index (χ2n) is 8.96. The summed E-state index contributed by atoms with van der Waals surface area (Å²) in [5.74, 6) is 1.01. The Labute approximate surface area is 211 Å². The Bertz CT molecular complexity index is 1200. The van der Waals surface area contributed by atoms with Crippen LogP contribution in [0.2, 0.25) is 0 Å². The van der Waals surface area contributed by atoms with E-state index in [0.717, 1.165) is 30.6 Å². The second kappa shape index (κ2) is 12.2. The van der Waals surface area contributed by atoms with Gasteiger partial charge in [0.05, 0.1) is 6.61 Å². The molecule has 4 aromatic carbocycles. The highest BCUT2D eigenvalue weighted by atomic mass is 31.1. The van der Waals surface area contributed by atoms with E-state index < -0.39 is 0 Å². The molecule has 0 aliphatic heterocycles. The molecule has 35 heavy (non-hydrogen) atoms. The van der Waals surface area contributed by atoms with Crippen LogP contribution < -0.4 is 10.0 Å². The molecular formula is C32H35O2P. The lowest BCUT2D eigenvalue weighted by molar-refractivity contribution is 0.283. The molecule has 180 valence electrons. The maximum absolute atomic E-state index is 9.98. The average Bonchev–Trinajstić information content (AvgIpc) is 2.92. The van der Waals surface area contributed by atoms with Gasteiger partial charge in [-0.2, -0.15) is 0 Å². The van der Waals surface area contributed by atoms with Gasteiger partial charge in [-0.15, -0.1) is 0 Å². The fourth-order valence-electron chi connectivity index (χ4n) is 4.73. The van der Waals surface area contributed by atoms with Crippen LogP contribution in [0, 0.1) is 0 Å². The van der Waals surface area contributed by atoms with E-state index in [9.17, 15) is 5.11 Å². The first-order chi connectivity index (χ1) is 17.2. The molecule has 0 radical (unpaired) electrons. The van der Waals surface area contributed by atoms with E-state index in [4.69, 9.17) is 4.74 Å². The lowest BCUT2D eigenvalue weighted by Crippen LogP contribution is -2.24. The number of rotatable bonds is 11. The number of ether oxygens (including phenoxy) is 1. The zero-order valence-electron chi connectivity index (χ0n) is 20.7. The predicted octanol–water partition coefficient (Wildman–Crippen LogP) is 7.37. The van der Waals surface area contributed by atoms with Crippen molar-refractivity contribution in [3.8, 4) is 5.75 Å². The summed E-state index contributed by atoms with van der Waals surface area (Å²) < 4.78 is 6.69. The molecule has 0 saturated carbocycles. The molecule has 0 saturated heterocycles. The molecule has 1 N–H and O–H groups in total. The molecule has 0 bridgehead atoms. The van der Waals surface area contributed by atoms with Gasteiger partial charge in [0, 0.05) is 17.1 Å². The monoisotopic (exact) mass is 482 g/mol. The van der Waals surface area contributed by atoms with Crippen molar-refractivity contribution in [1.29, 1.82) is 0 Å². The molecule has 0 fully saturated rings. The molecule has 0 amide bonds. The van der Waals surface area contributed by atoms with Crippen LogP contribution in [-0.2, 0) is 24.8 Å². The van der Waals surface area contributed by atoms with Crippen molar-refractivity contribution in [3.05, 3.63) is 131 Å². The standard InChI is InChI=1S/C32H35O2P/c1-3-32(4-2,35-30-21-12-11-18-28(30)23-33)29-20-13-19-27(22-25-14-7-5-8-15-25)31(29)34-24-26-16-9-6-10-17-26/h5-21,33,35H,3-4,22-24H2,1-2H3. The normalized spacial score (nSPS) is 11.7. The number of hydrogen-bond acceptors (Lipinski definition) is 2. The van der Waals surface area contributed by atoms with E-state index >= 15 is 0 Å². The zero-order chi connectivity index (χ0) is 24.5. The van der Waals surface area contributed by atoms with Crippen LogP contribution in [0.15, 0.2) is 103 Å². The second-order valence-corrected chi connectivity index (χ2v) is 10.7. The first-order valence-corrected chi connectivity index (χ1v) is 13.5. The largest absolute Gasteiger partial charge is 0.488 e. The van der Waals surface area contributed by atoms with E-state index in [1.54, 1.807) is 0 Å². The smallest absolute Gasteiger partial charge is 0.127 e. The van der Waals surface area contributed by atoms with E-state index in [2.05, 4.69) is 98.8 Å². The topological polar surface area (TPSA) is 29.5 Å². The molecule has 0 aliphatic rings. The van der Waals surface area contributed by atoms with Gasteiger partial charge in [-0.1, -0.05) is 126 Å². The summed E-state index contributed by atoms with van der Waals surface area (Å²) in [6.45, 7) is 5.17. The van der Waals surface area contributed by atoms with Gasteiger partial charge in [0.15, 0.2) is 0 Å². The third kappa shape index (κ3) is 6.01. The highest BCUT2D eigenvalue weighted by Gasteiger charge is 2.33. The van der Waals surface area contributed by atoms with Gasteiger partial charge in [0.1, 0.15) is 12.4 Å². The maximum Gasteiger partial charge on any atom is 0.127 e. The first-order valence-electron chi connectivity index (χ1n) is 12.5. The minimum atomic E-state index is -0.0655. The van der Waals surface area contributed by atoms with Gasteiger partial charge in [-0.25, -0.2) is 0 Å². The summed E-state index contributed by atoms with van der Waals surface area (Å²) in [4.78, 5) is 0. The summed E-state index contributed by atoms with van der Waals surface area (Å²) in [5.41, 5.74) is 5.96. The maximum atomic E-state index is 9.98. The number of para-hydroxylation sites is 1. The number of hydrogen-bond donors (Lipinski definition) is 1. The van der Waals surface area contributed by atoms with E-state index in [1.807, 2.05) is 18.2 Å². The molecule has 4 aromatic rings. The van der Waals surface area contributed by atoms with Crippen molar-refractivity contribution in [1.82, 2.24) is 0 Å². The van der Waals surface area contributed by atoms with Crippen LogP contribution in [0.5, 0.6) is 5.75 Å². The average molecular weight is 483 g/mol. The Balaban J connectivity index is 1.79. The Morgan fingerprint density at radius 1 is 0.686 bits per heavy atom. The summed E-state index contributed by atoms with van der Waals surface area (Å²) in [6.07, 6.45) is 2.83. The van der Waals surface area contributed by atoms with Crippen molar-refractivity contribution >= 4 is 13.9 Å². The molecule has 1 unspecified atom stereocenters. The third-order valence-corrected chi connectivity index (χ3v) is 9.06. The number of aliphatic hydroxyl groups is 1. The van der Waals surface area contributed by atoms with Crippen molar-refractivity contribution < 1.29 is 9.84 Å². The molecule has 0 spiro atoms. The van der Waals surface area contributed by atoms with Crippen molar-refractivity contribution in [3.63, 3.8) is 0 Å². The lowest BCUT2D eigenvalue weighted by atomic mass is 9.89. The molecule has 0 aromatic heterocycles. The van der Waals surface area contributed by atoms with Crippen LogP contribution >= 0.6 is 8.58 Å². The van der Waals surface area contributed by atoms with Gasteiger partial charge in [-0.05, 0) is 40.4 Å². The van der Waals surface area contributed by atoms with Crippen LogP contribution in [0.3, 0.4) is 0 Å². The highest BCUT2D eigenvalue weighted by Crippen LogP contribution is 2.51. The molecule has 0 heterocycles. The summed E-state index contributed by atoms with van der Waals surface area (Å²) in [6, 6.07) is 36.0. The molecule has 2 nitrogen and oxygen atoms in total. The fraction of sp³-hybridized carbons (Fsp3) is 0.250. The molecule has 4 rings (SSSR count). The first kappa shape index (κ1) is 25.2. The summed E-state index contributed by atoms with van der Waals surface area (Å²) in [5, 5.41) is 11.2. The van der Waals surface area contributed by atoms with Crippen LogP contribution in [0.4, 0.5) is 0 Å². The van der Waals surface area contributed by atoms with Gasteiger partial charge in [-0.3, -0.25) is 0 Å². The molecule has 1 atom stereocenters. The third-order valence-electron chi connectivity index (χ3n) is 6.84. The number of benzene rings is 4. The Kier molecular flexibility index (Phi) is 8.74. The van der Waals surface area contributed by atoms with Crippen molar-refractivity contribution in [2.45, 2.75) is 51.5 Å².